The summed E-state index contributed by atoms with van der Waals surface area (Å²) in [4.78, 5) is 4.79. The summed E-state index contributed by atoms with van der Waals surface area (Å²) in [6.07, 6.45) is -2.75. The van der Waals surface area contributed by atoms with E-state index < -0.39 is 11.7 Å². The average molecular weight is 333 g/mol. The monoisotopic (exact) mass is 332 g/mol. The van der Waals surface area contributed by atoms with Gasteiger partial charge in [0.1, 0.15) is 11.4 Å². The molecule has 0 aliphatic carbocycles. The van der Waals surface area contributed by atoms with E-state index in [1.54, 1.807) is 10.6 Å². The highest BCUT2D eigenvalue weighted by atomic mass is 35.5. The number of hydrogen-bond acceptors (Lipinski definition) is 3. The van der Waals surface area contributed by atoms with E-state index in [2.05, 4.69) is 4.98 Å². The summed E-state index contributed by atoms with van der Waals surface area (Å²) in [6.45, 7) is 0. The molecule has 0 aliphatic heterocycles. The molecule has 3 aromatic rings. The second-order valence-electron chi connectivity index (χ2n) is 4.15. The highest BCUT2D eigenvalue weighted by molar-refractivity contribution is 7.15. The number of alkyl halides is 4. The minimum atomic E-state index is -4.49. The van der Waals surface area contributed by atoms with Gasteiger partial charge < -0.3 is 4.74 Å². The van der Waals surface area contributed by atoms with Crippen molar-refractivity contribution in [3.05, 3.63) is 47.1 Å². The van der Waals surface area contributed by atoms with Gasteiger partial charge in [-0.2, -0.15) is 18.2 Å². The van der Waals surface area contributed by atoms with Gasteiger partial charge in [0.15, 0.2) is 4.96 Å². The van der Waals surface area contributed by atoms with Crippen molar-refractivity contribution in [3.63, 3.8) is 0 Å². The van der Waals surface area contributed by atoms with E-state index >= 15 is 0 Å². The van der Waals surface area contributed by atoms with Crippen molar-refractivity contribution in [3.8, 4) is 11.6 Å². The van der Waals surface area contributed by atoms with E-state index in [0.717, 1.165) is 6.07 Å². The van der Waals surface area contributed by atoms with Gasteiger partial charge in [-0.25, -0.2) is 0 Å². The number of benzene rings is 1. The first-order chi connectivity index (χ1) is 10.0. The number of fused-ring (bicyclic) bond motifs is 1. The molecule has 0 spiro atoms. The summed E-state index contributed by atoms with van der Waals surface area (Å²) in [7, 11) is 0. The molecule has 2 heterocycles. The predicted molar refractivity (Wildman–Crippen MR) is 74.1 cm³/mol. The second kappa shape index (κ2) is 5.23. The third kappa shape index (κ3) is 2.58. The van der Waals surface area contributed by atoms with E-state index in [1.165, 1.54) is 29.5 Å². The Morgan fingerprint density at radius 2 is 2.05 bits per heavy atom. The van der Waals surface area contributed by atoms with Gasteiger partial charge in [-0.1, -0.05) is 12.1 Å². The van der Waals surface area contributed by atoms with Crippen LogP contribution in [-0.4, -0.2) is 9.38 Å². The van der Waals surface area contributed by atoms with Crippen molar-refractivity contribution in [2.45, 2.75) is 12.1 Å². The fourth-order valence-corrected chi connectivity index (χ4v) is 2.88. The Bertz CT molecular complexity index is 781. The van der Waals surface area contributed by atoms with Crippen molar-refractivity contribution in [2.24, 2.45) is 0 Å². The Kier molecular flexibility index (Phi) is 3.54. The zero-order chi connectivity index (χ0) is 15.0. The van der Waals surface area contributed by atoms with E-state index in [9.17, 15) is 13.2 Å². The van der Waals surface area contributed by atoms with Crippen LogP contribution in [0.25, 0.3) is 4.96 Å². The van der Waals surface area contributed by atoms with Gasteiger partial charge in [-0.3, -0.25) is 4.40 Å². The van der Waals surface area contributed by atoms with Crippen LogP contribution < -0.4 is 4.74 Å². The Labute approximate surface area is 126 Å². The molecule has 0 saturated carbocycles. The summed E-state index contributed by atoms with van der Waals surface area (Å²) in [5.74, 6) is -0.114. The normalized spacial score (nSPS) is 12.0. The fraction of sp³-hybridized carbons (Fsp3) is 0.154. The van der Waals surface area contributed by atoms with Gasteiger partial charge in [0, 0.05) is 11.6 Å². The molecule has 110 valence electrons. The minimum Gasteiger partial charge on any atom is -0.437 e. The molecule has 8 heteroatoms. The largest absolute Gasteiger partial charge is 0.437 e. The first kappa shape index (κ1) is 14.2. The molecule has 0 amide bonds. The maximum absolute atomic E-state index is 12.9. The fourth-order valence-electron chi connectivity index (χ4n) is 1.91. The van der Waals surface area contributed by atoms with Crippen LogP contribution in [0.3, 0.4) is 0 Å². The number of thiazole rings is 1. The standard InChI is InChI=1S/C13H8ClF3N2OS/c14-7-9-11(18-12-19(9)5-6-21-12)20-10-4-2-1-3-8(10)13(15,16)17/h1-6H,7H2. The van der Waals surface area contributed by atoms with Crippen molar-refractivity contribution in [1.82, 2.24) is 9.38 Å². The van der Waals surface area contributed by atoms with Crippen LogP contribution in [0.1, 0.15) is 11.3 Å². The molecule has 3 rings (SSSR count). The second-order valence-corrected chi connectivity index (χ2v) is 5.29. The number of imidazole rings is 1. The van der Waals surface area contributed by atoms with Crippen LogP contribution in [0, 0.1) is 0 Å². The molecule has 0 saturated heterocycles. The number of ether oxygens (including phenoxy) is 1. The zero-order valence-corrected chi connectivity index (χ0v) is 12.0. The Morgan fingerprint density at radius 3 is 2.76 bits per heavy atom. The molecule has 1 aromatic carbocycles. The highest BCUT2D eigenvalue weighted by Gasteiger charge is 2.34. The van der Waals surface area contributed by atoms with E-state index in [-0.39, 0.29) is 17.5 Å². The van der Waals surface area contributed by atoms with Gasteiger partial charge in [0.25, 0.3) is 0 Å². The zero-order valence-electron chi connectivity index (χ0n) is 10.4. The summed E-state index contributed by atoms with van der Waals surface area (Å²) in [5, 5.41) is 1.81. The molecule has 2 aromatic heterocycles. The third-order valence-corrected chi connectivity index (χ3v) is 3.86. The van der Waals surface area contributed by atoms with Crippen molar-refractivity contribution in [2.75, 3.05) is 0 Å². The van der Waals surface area contributed by atoms with Crippen molar-refractivity contribution >= 4 is 27.9 Å². The number of rotatable bonds is 3. The molecule has 0 bridgehead atoms. The van der Waals surface area contributed by atoms with Crippen LogP contribution in [0.5, 0.6) is 11.6 Å². The van der Waals surface area contributed by atoms with E-state index in [0.29, 0.717) is 10.7 Å². The Hall–Kier alpha value is -1.73. The first-order valence-corrected chi connectivity index (χ1v) is 7.26. The maximum atomic E-state index is 12.9. The molecule has 21 heavy (non-hydrogen) atoms. The number of halogens is 4. The van der Waals surface area contributed by atoms with Gasteiger partial charge >= 0.3 is 6.18 Å². The Morgan fingerprint density at radius 1 is 1.29 bits per heavy atom. The minimum absolute atomic E-state index is 0.0847. The summed E-state index contributed by atoms with van der Waals surface area (Å²) < 4.78 is 45.9. The van der Waals surface area contributed by atoms with Gasteiger partial charge in [-0.05, 0) is 12.1 Å². The van der Waals surface area contributed by atoms with Crippen LogP contribution in [0.15, 0.2) is 35.8 Å². The lowest BCUT2D eigenvalue weighted by Gasteiger charge is -2.12. The molecule has 0 fully saturated rings. The molecule has 0 aliphatic rings. The highest BCUT2D eigenvalue weighted by Crippen LogP contribution is 2.38. The molecular weight excluding hydrogens is 325 g/mol. The quantitative estimate of drug-likeness (QED) is 0.635. The SMILES string of the molecule is FC(F)(F)c1ccccc1Oc1nc2sccn2c1CCl. The number of para-hydroxylation sites is 1. The van der Waals surface area contributed by atoms with Gasteiger partial charge in [0.2, 0.25) is 5.88 Å². The van der Waals surface area contributed by atoms with Crippen LogP contribution in [-0.2, 0) is 12.1 Å². The van der Waals surface area contributed by atoms with Crippen molar-refractivity contribution < 1.29 is 17.9 Å². The number of aromatic nitrogens is 2. The molecule has 0 radical (unpaired) electrons. The molecule has 0 N–H and O–H groups in total. The smallest absolute Gasteiger partial charge is 0.419 e. The van der Waals surface area contributed by atoms with E-state index in [4.69, 9.17) is 16.3 Å². The lowest BCUT2D eigenvalue weighted by atomic mass is 10.2. The van der Waals surface area contributed by atoms with Crippen LogP contribution >= 0.6 is 22.9 Å². The van der Waals surface area contributed by atoms with Gasteiger partial charge in [0.05, 0.1) is 11.4 Å². The first-order valence-electron chi connectivity index (χ1n) is 5.85. The lowest BCUT2D eigenvalue weighted by Crippen LogP contribution is -2.07. The summed E-state index contributed by atoms with van der Waals surface area (Å²) in [5.41, 5.74) is -0.327. The number of nitrogens with zero attached hydrogens (tertiary/aromatic N) is 2. The number of hydrogen-bond donors (Lipinski definition) is 0. The molecule has 0 unspecified atom stereocenters. The molecule has 0 atom stereocenters. The Balaban J connectivity index is 2.05. The van der Waals surface area contributed by atoms with E-state index in [1.807, 2.05) is 5.38 Å². The summed E-state index contributed by atoms with van der Waals surface area (Å²) in [6, 6.07) is 5.01. The maximum Gasteiger partial charge on any atom is 0.419 e. The topological polar surface area (TPSA) is 26.5 Å². The third-order valence-electron chi connectivity index (χ3n) is 2.85. The summed E-state index contributed by atoms with van der Waals surface area (Å²) >= 11 is 7.20. The lowest BCUT2D eigenvalue weighted by molar-refractivity contribution is -0.138. The average Bonchev–Trinajstić information content (AvgIpc) is 2.98. The van der Waals surface area contributed by atoms with Crippen molar-refractivity contribution in [1.29, 1.82) is 0 Å². The predicted octanol–water partition coefficient (Wildman–Crippen LogP) is 4.95. The van der Waals surface area contributed by atoms with Crippen LogP contribution in [0.4, 0.5) is 13.2 Å². The van der Waals surface area contributed by atoms with Gasteiger partial charge in [-0.15, -0.1) is 22.9 Å². The molecular formula is C13H8ClF3N2OS. The van der Waals surface area contributed by atoms with Crippen LogP contribution in [0.2, 0.25) is 0 Å². The molecule has 3 nitrogen and oxygen atoms in total.